The van der Waals surface area contributed by atoms with Crippen molar-refractivity contribution in [2.75, 3.05) is 24.9 Å². The Morgan fingerprint density at radius 3 is 2.26 bits per heavy atom. The lowest BCUT2D eigenvalue weighted by molar-refractivity contribution is -0.141. The Morgan fingerprint density at radius 2 is 1.66 bits per heavy atom. The van der Waals surface area contributed by atoms with E-state index in [1.807, 2.05) is 6.92 Å². The van der Waals surface area contributed by atoms with Crippen LogP contribution < -0.4 is 14.6 Å². The minimum atomic E-state index is -4.69. The van der Waals surface area contributed by atoms with Gasteiger partial charge in [0.25, 0.3) is 16.8 Å². The Kier molecular flexibility index (Phi) is 9.07. The second kappa shape index (κ2) is 12.7. The fourth-order valence-electron chi connectivity index (χ4n) is 4.66. The molecule has 0 atom stereocenters. The molecule has 47 heavy (non-hydrogen) atoms. The van der Waals surface area contributed by atoms with Crippen molar-refractivity contribution < 1.29 is 50.1 Å². The number of sulfonamides is 1. The third-order valence-corrected chi connectivity index (χ3v) is 8.41. The maximum absolute atomic E-state index is 13.5. The highest BCUT2D eigenvalue weighted by molar-refractivity contribution is 7.90. The predicted molar refractivity (Wildman–Crippen MR) is 158 cm³/mol. The zero-order valence-electron chi connectivity index (χ0n) is 25.9. The molecule has 1 aliphatic rings. The average Bonchev–Trinajstić information content (AvgIpc) is 3.61. The van der Waals surface area contributed by atoms with E-state index in [1.165, 1.54) is 29.2 Å². The fourth-order valence-corrected chi connectivity index (χ4v) is 5.70. The van der Waals surface area contributed by atoms with Gasteiger partial charge in [-0.05, 0) is 70.9 Å². The third-order valence-electron chi connectivity index (χ3n) is 7.05. The van der Waals surface area contributed by atoms with E-state index in [0.29, 0.717) is 31.5 Å². The number of nitrogens with zero attached hydrogens (tertiary/aromatic N) is 5. The highest BCUT2D eigenvalue weighted by Gasteiger charge is 2.36. The molecule has 4 aromatic rings. The van der Waals surface area contributed by atoms with E-state index >= 15 is 0 Å². The molecule has 0 unspecified atom stereocenters. The highest BCUT2D eigenvalue weighted by atomic mass is 32.2. The molecule has 254 valence electrons. The number of ether oxygens (including phenoxy) is 2. The second-order valence-electron chi connectivity index (χ2n) is 11.8. The van der Waals surface area contributed by atoms with Crippen LogP contribution >= 0.6 is 0 Å². The topological polar surface area (TPSA) is 152 Å². The molecule has 3 heterocycles. The van der Waals surface area contributed by atoms with Gasteiger partial charge >= 0.3 is 12.3 Å². The number of rotatable bonds is 9. The summed E-state index contributed by atoms with van der Waals surface area (Å²) in [6.45, 7) is 7.10. The van der Waals surface area contributed by atoms with Crippen molar-refractivity contribution in [3.8, 4) is 16.9 Å². The van der Waals surface area contributed by atoms with Crippen molar-refractivity contribution in [3.63, 3.8) is 0 Å². The van der Waals surface area contributed by atoms with Crippen LogP contribution in [0.2, 0.25) is 0 Å². The van der Waals surface area contributed by atoms with Gasteiger partial charge in [-0.25, -0.2) is 22.6 Å². The molecule has 5 rings (SSSR count). The van der Waals surface area contributed by atoms with E-state index in [0.717, 1.165) is 21.3 Å². The molecule has 18 heteroatoms. The highest BCUT2D eigenvalue weighted by Crippen LogP contribution is 2.33. The Hall–Kier alpha value is -4.87. The average molecular weight is 683 g/mol. The number of aryl methyl sites for hydroxylation is 1. The van der Waals surface area contributed by atoms with Crippen molar-refractivity contribution in [3.05, 3.63) is 65.9 Å². The van der Waals surface area contributed by atoms with E-state index in [4.69, 9.17) is 18.9 Å². The molecule has 1 fully saturated rings. The minimum absolute atomic E-state index is 0.171. The summed E-state index contributed by atoms with van der Waals surface area (Å²) in [5.41, 5.74) is -0.0367. The van der Waals surface area contributed by atoms with Crippen LogP contribution in [0.15, 0.2) is 64.1 Å². The number of carbonyl (C=O) groups excluding carboxylic acids is 2. The number of piperidine rings is 1. The number of aromatic nitrogens is 4. The molecule has 0 bridgehead atoms. The SMILES string of the molecule is Cc1ccc(-c2cc(C(F)(F)F)nn2-c2ccc(S(=O)(=O)NC(=O)C3CCN(n4on4OCOC(=O)OC(C)(C)C)CC3)cc2)cc1. The number of hydrogen-bond donors (Lipinski definition) is 1. The van der Waals surface area contributed by atoms with Crippen LogP contribution in [-0.2, 0) is 30.5 Å². The molecule has 14 nitrogen and oxygen atoms in total. The van der Waals surface area contributed by atoms with Crippen molar-refractivity contribution in [1.29, 1.82) is 0 Å². The predicted octanol–water partition coefficient (Wildman–Crippen LogP) is 4.25. The Labute approximate surface area is 267 Å². The van der Waals surface area contributed by atoms with E-state index in [9.17, 15) is 31.2 Å². The van der Waals surface area contributed by atoms with Crippen LogP contribution in [0.4, 0.5) is 18.0 Å². The number of halogens is 3. The number of hydrogen-bond acceptors (Lipinski definition) is 10. The summed E-state index contributed by atoms with van der Waals surface area (Å²) in [5, 5.41) is 6.40. The quantitative estimate of drug-likeness (QED) is 0.200. The van der Waals surface area contributed by atoms with Gasteiger partial charge in [0.15, 0.2) is 5.69 Å². The lowest BCUT2D eigenvalue weighted by Gasteiger charge is -2.28. The summed E-state index contributed by atoms with van der Waals surface area (Å²) in [6, 6.07) is 12.8. The number of carbonyl (C=O) groups is 2. The maximum Gasteiger partial charge on any atom is 0.511 e. The molecule has 1 aliphatic heterocycles. The van der Waals surface area contributed by atoms with Crippen LogP contribution in [0, 0.1) is 12.8 Å². The van der Waals surface area contributed by atoms with Gasteiger partial charge < -0.3 is 14.3 Å². The zero-order valence-corrected chi connectivity index (χ0v) is 26.7. The van der Waals surface area contributed by atoms with Gasteiger partial charge in [0.1, 0.15) is 10.6 Å². The molecule has 1 amide bonds. The smallest absolute Gasteiger partial charge is 0.428 e. The van der Waals surface area contributed by atoms with Crippen LogP contribution in [0.25, 0.3) is 16.9 Å². The van der Waals surface area contributed by atoms with E-state index < -0.39 is 52.3 Å². The summed E-state index contributed by atoms with van der Waals surface area (Å²) in [7, 11) is -4.29. The van der Waals surface area contributed by atoms with Gasteiger partial charge in [-0.1, -0.05) is 29.8 Å². The molecule has 2 aromatic carbocycles. The molecule has 0 radical (unpaired) electrons. The second-order valence-corrected chi connectivity index (χ2v) is 13.5. The molecule has 1 saturated heterocycles. The van der Waals surface area contributed by atoms with Gasteiger partial charge in [0, 0.05) is 29.5 Å². The number of benzene rings is 2. The van der Waals surface area contributed by atoms with Gasteiger partial charge in [0.05, 0.1) is 16.3 Å². The molecule has 2 aromatic heterocycles. The van der Waals surface area contributed by atoms with Gasteiger partial charge in [-0.3, -0.25) is 9.80 Å². The Balaban J connectivity index is 1.17. The largest absolute Gasteiger partial charge is 0.511 e. The van der Waals surface area contributed by atoms with E-state index in [-0.39, 0.29) is 16.3 Å². The van der Waals surface area contributed by atoms with Gasteiger partial charge in [0.2, 0.25) is 5.91 Å². The lowest BCUT2D eigenvalue weighted by atomic mass is 9.97. The van der Waals surface area contributed by atoms with Gasteiger partial charge in [-0.15, -0.1) is 0 Å². The number of alkyl halides is 3. The van der Waals surface area contributed by atoms with E-state index in [2.05, 4.69) is 9.82 Å². The van der Waals surface area contributed by atoms with Crippen LogP contribution in [0.5, 0.6) is 0 Å². The minimum Gasteiger partial charge on any atom is -0.428 e. The lowest BCUT2D eigenvalue weighted by Crippen LogP contribution is -2.45. The molecule has 0 saturated carbocycles. The third kappa shape index (κ3) is 8.30. The maximum atomic E-state index is 13.5. The summed E-state index contributed by atoms with van der Waals surface area (Å²) in [5.74, 6) is -1.31. The number of amides is 1. The molecule has 0 aliphatic carbocycles. The zero-order chi connectivity index (χ0) is 34.1. The van der Waals surface area contributed by atoms with E-state index in [1.54, 1.807) is 50.0 Å². The first-order valence-corrected chi connectivity index (χ1v) is 15.9. The summed E-state index contributed by atoms with van der Waals surface area (Å²) in [6.07, 6.45) is -5.01. The molecule has 0 spiro atoms. The summed E-state index contributed by atoms with van der Waals surface area (Å²) in [4.78, 5) is 30.6. The van der Waals surface area contributed by atoms with Crippen LogP contribution in [0.3, 0.4) is 0 Å². The first-order chi connectivity index (χ1) is 22.0. The van der Waals surface area contributed by atoms with Gasteiger partial charge in [-0.2, -0.15) is 22.9 Å². The standard InChI is InChI=1S/C29H33F3N6O8S/c1-19-5-7-20(8-6-19)24-17-25(29(30,31)32)33-36(24)22-9-11-23(12-10-22)47(41,42)34-26(39)21-13-15-35(16-14-21)37-38(46-37)44-18-43-27(40)45-28(2,3)4/h5-12,17,21H,13-16,18H2,1-4H3,(H,34,39). The van der Waals surface area contributed by atoms with Crippen molar-refractivity contribution in [1.82, 2.24) is 24.5 Å². The summed E-state index contributed by atoms with van der Waals surface area (Å²) < 4.78 is 84.8. The first-order valence-electron chi connectivity index (χ1n) is 14.4. The number of nitrogens with one attached hydrogen (secondary N) is 1. The summed E-state index contributed by atoms with van der Waals surface area (Å²) >= 11 is 0. The monoisotopic (exact) mass is 682 g/mol. The first kappa shape index (κ1) is 33.5. The molecular weight excluding hydrogens is 649 g/mol. The van der Waals surface area contributed by atoms with Crippen molar-refractivity contribution in [2.24, 2.45) is 5.92 Å². The van der Waals surface area contributed by atoms with Crippen molar-refractivity contribution in [2.45, 2.75) is 57.2 Å². The van der Waals surface area contributed by atoms with Crippen LogP contribution in [-0.4, -0.2) is 65.7 Å². The molecule has 1 N–H and O–H groups in total. The van der Waals surface area contributed by atoms with Crippen molar-refractivity contribution >= 4 is 22.1 Å². The fraction of sp³-hybridized carbons (Fsp3) is 0.414. The normalized spacial score (nSPS) is 14.7. The van der Waals surface area contributed by atoms with Crippen LogP contribution in [0.1, 0.15) is 44.9 Å². The molecular formula is C29H33F3N6O8S. The Morgan fingerprint density at radius 1 is 1.02 bits per heavy atom. The Bertz CT molecular complexity index is 1810.